The molecule has 0 saturated heterocycles. The van der Waals surface area contributed by atoms with E-state index in [9.17, 15) is 26.7 Å². The quantitative estimate of drug-likeness (QED) is 0.362. The number of hydrogen-bond donors (Lipinski definition) is 1. The van der Waals surface area contributed by atoms with E-state index in [1.807, 2.05) is 0 Å². The molecular weight excluding hydrogens is 774 g/mol. The predicted octanol–water partition coefficient (Wildman–Crippen LogP) is 6.07. The fourth-order valence-electron chi connectivity index (χ4n) is 6.14. The van der Waals surface area contributed by atoms with Crippen LogP contribution in [0.25, 0.3) is 0 Å². The third-order valence-corrected chi connectivity index (χ3v) is 13.6. The number of hydrogen-bond acceptors (Lipinski definition) is 8. The normalized spacial score (nSPS) is 26.1. The number of cyclic esters (lactones) is 1. The van der Waals surface area contributed by atoms with Crippen LogP contribution < -0.4 is 0 Å². The van der Waals surface area contributed by atoms with Gasteiger partial charge in [-0.05, 0) is 73.9 Å². The Hall–Kier alpha value is -2.11. The molecule has 4 bridgehead atoms. The molecule has 0 fully saturated rings. The predicted molar refractivity (Wildman–Crippen MR) is 192 cm³/mol. The lowest BCUT2D eigenvalue weighted by molar-refractivity contribution is -0.140. The van der Waals surface area contributed by atoms with E-state index in [0.717, 1.165) is 17.2 Å². The molecule has 0 aromatic heterocycles. The maximum atomic E-state index is 13.7. The van der Waals surface area contributed by atoms with Gasteiger partial charge in [0, 0.05) is 65.2 Å². The number of ether oxygens (including phenoxy) is 2. The highest BCUT2D eigenvalue weighted by Crippen LogP contribution is 2.42. The van der Waals surface area contributed by atoms with E-state index in [0.29, 0.717) is 59.7 Å². The average molecular weight is 813 g/mol. The molecule has 12 nitrogen and oxygen atoms in total. The molecule has 3 aliphatic rings. The van der Waals surface area contributed by atoms with Gasteiger partial charge in [0.15, 0.2) is 6.29 Å². The van der Waals surface area contributed by atoms with Gasteiger partial charge >= 0.3 is 26.4 Å². The zero-order chi connectivity index (χ0) is 36.4. The van der Waals surface area contributed by atoms with Gasteiger partial charge < -0.3 is 14.6 Å². The van der Waals surface area contributed by atoms with Crippen molar-refractivity contribution >= 4 is 72.8 Å². The summed E-state index contributed by atoms with van der Waals surface area (Å²) in [6.07, 6.45) is 3.86. The summed E-state index contributed by atoms with van der Waals surface area (Å²) in [5.41, 5.74) is 1.15. The molecule has 0 amide bonds. The van der Waals surface area contributed by atoms with Crippen LogP contribution in [0.5, 0.6) is 0 Å². The molecule has 3 unspecified atom stereocenters. The van der Waals surface area contributed by atoms with Gasteiger partial charge in [-0.25, -0.2) is 4.79 Å². The minimum absolute atomic E-state index is 0.00510. The lowest BCUT2D eigenvalue weighted by atomic mass is 9.98. The van der Waals surface area contributed by atoms with E-state index in [1.54, 1.807) is 24.3 Å². The topological polar surface area (TPSA) is 137 Å². The molecule has 0 radical (unpaired) electrons. The van der Waals surface area contributed by atoms with Crippen LogP contribution in [0, 0.1) is 0 Å². The Labute approximate surface area is 313 Å². The molecular formula is C32H38Cl4N4O8S2. The first-order valence-corrected chi connectivity index (χ1v) is 20.2. The van der Waals surface area contributed by atoms with Crippen LogP contribution in [-0.2, 0) is 34.7 Å². The van der Waals surface area contributed by atoms with Crippen LogP contribution in [0.1, 0.15) is 61.7 Å². The number of aliphatic hydroxyl groups is 1. The second-order valence-corrected chi connectivity index (χ2v) is 17.7. The summed E-state index contributed by atoms with van der Waals surface area (Å²) >= 11 is 25.2. The summed E-state index contributed by atoms with van der Waals surface area (Å²) < 4.78 is 70.6. The van der Waals surface area contributed by atoms with Gasteiger partial charge in [0.05, 0.1) is 30.9 Å². The minimum Gasteiger partial charge on any atom is -0.462 e. The smallest absolute Gasteiger partial charge is 0.337 e. The second kappa shape index (κ2) is 16.3. The van der Waals surface area contributed by atoms with Gasteiger partial charge in [-0.3, -0.25) is 8.61 Å². The van der Waals surface area contributed by atoms with E-state index in [1.165, 1.54) is 38.6 Å². The Morgan fingerprint density at radius 2 is 1.20 bits per heavy atom. The fourth-order valence-corrected chi connectivity index (χ4v) is 10.0. The first kappa shape index (κ1) is 39.1. The van der Waals surface area contributed by atoms with Crippen LogP contribution in [-0.4, -0.2) is 91.8 Å². The second-order valence-electron chi connectivity index (χ2n) is 12.1. The van der Waals surface area contributed by atoms with Crippen LogP contribution in [0.3, 0.4) is 0 Å². The number of nitrogens with zero attached hydrogens (tertiary/aromatic N) is 4. The fraction of sp³-hybridized carbons (Fsp3) is 0.469. The van der Waals surface area contributed by atoms with E-state index in [2.05, 4.69) is 0 Å². The molecule has 2 aromatic carbocycles. The number of benzene rings is 2. The summed E-state index contributed by atoms with van der Waals surface area (Å²) in [4.78, 5) is 13.5. The SMILES string of the molecule is CN1C(c2ccc(Cl)cc2Cl)C2=CN(CCCCCOC(O)C3=CN(CCCCCOC2=O)S(=O)(=O)N(C)C3c2ccc(Cl)cc2Cl)S1(=O)=O. The molecule has 0 spiro atoms. The number of carbonyl (C=O) groups excluding carboxylic acids is 1. The summed E-state index contributed by atoms with van der Waals surface area (Å²) in [5.74, 6) is -0.704. The van der Waals surface area contributed by atoms with Gasteiger partial charge in [-0.2, -0.15) is 25.4 Å². The molecule has 5 rings (SSSR count). The van der Waals surface area contributed by atoms with Crippen molar-refractivity contribution in [1.29, 1.82) is 0 Å². The van der Waals surface area contributed by atoms with Gasteiger partial charge in [0.25, 0.3) is 0 Å². The molecule has 3 aliphatic heterocycles. The Bertz CT molecular complexity index is 1880. The summed E-state index contributed by atoms with van der Waals surface area (Å²) in [6, 6.07) is 7.30. The highest BCUT2D eigenvalue weighted by Gasteiger charge is 2.43. The van der Waals surface area contributed by atoms with Gasteiger partial charge in [0.1, 0.15) is 0 Å². The number of aliphatic hydroxyl groups excluding tert-OH is 1. The number of halogens is 4. The van der Waals surface area contributed by atoms with Crippen LogP contribution in [0.2, 0.25) is 20.1 Å². The summed E-state index contributed by atoms with van der Waals surface area (Å²) in [7, 11) is -5.30. The van der Waals surface area contributed by atoms with Crippen LogP contribution in [0.4, 0.5) is 0 Å². The lowest BCUT2D eigenvalue weighted by Crippen LogP contribution is -2.48. The summed E-state index contributed by atoms with van der Waals surface area (Å²) in [5, 5.41) is 12.4. The lowest BCUT2D eigenvalue weighted by Gasteiger charge is -2.40. The van der Waals surface area contributed by atoms with Gasteiger partial charge in [0.2, 0.25) is 0 Å². The van der Waals surface area contributed by atoms with Crippen molar-refractivity contribution in [1.82, 2.24) is 17.2 Å². The molecule has 50 heavy (non-hydrogen) atoms. The van der Waals surface area contributed by atoms with E-state index in [-0.39, 0.29) is 47.5 Å². The van der Waals surface area contributed by atoms with Crippen molar-refractivity contribution in [3.63, 3.8) is 0 Å². The maximum absolute atomic E-state index is 13.7. The molecule has 3 atom stereocenters. The molecule has 0 saturated carbocycles. The Kier molecular flexibility index (Phi) is 12.7. The first-order valence-electron chi connectivity index (χ1n) is 15.9. The maximum Gasteiger partial charge on any atom is 0.337 e. The third kappa shape index (κ3) is 8.25. The largest absolute Gasteiger partial charge is 0.462 e. The van der Waals surface area contributed by atoms with Gasteiger partial charge in [-0.15, -0.1) is 0 Å². The minimum atomic E-state index is -4.06. The zero-order valence-corrected chi connectivity index (χ0v) is 32.0. The number of rotatable bonds is 2. The molecule has 1 N–H and O–H groups in total. The van der Waals surface area contributed by atoms with Crippen LogP contribution in [0.15, 0.2) is 59.9 Å². The molecule has 3 heterocycles. The van der Waals surface area contributed by atoms with E-state index >= 15 is 0 Å². The van der Waals surface area contributed by atoms with E-state index < -0.39 is 44.8 Å². The standard InChI is InChI=1S/C32H38Cl4N4O8S2/c1-37-29(23-11-9-21(33)17-27(23)35)25-19-39(49(37,43)44)13-5-3-7-16-48-32(42)26-20-40(14-6-4-8-15-47-31(25)41)50(45,46)38(2)30(26)24-12-10-22(34)18-28(24)36/h9-12,17-20,29-31,41H,3-8,13-16H2,1-2H3. The highest BCUT2D eigenvalue weighted by molar-refractivity contribution is 7.87. The number of esters is 1. The van der Waals surface area contributed by atoms with Crippen LogP contribution >= 0.6 is 46.4 Å². The number of carbonyl (C=O) groups is 1. The van der Waals surface area contributed by atoms with Crippen molar-refractivity contribution in [2.45, 2.75) is 56.9 Å². The van der Waals surface area contributed by atoms with Crippen molar-refractivity contribution in [3.8, 4) is 0 Å². The number of likely N-dealkylation sites (N-methyl/N-ethyl adjacent to an activating group) is 2. The molecule has 18 heteroatoms. The van der Waals surface area contributed by atoms with Crippen molar-refractivity contribution in [2.75, 3.05) is 40.4 Å². The molecule has 0 aliphatic carbocycles. The first-order chi connectivity index (χ1) is 23.6. The zero-order valence-electron chi connectivity index (χ0n) is 27.3. The average Bonchev–Trinajstić information content (AvgIpc) is 3.04. The monoisotopic (exact) mass is 810 g/mol. The van der Waals surface area contributed by atoms with Crippen molar-refractivity contribution in [2.24, 2.45) is 0 Å². The molecule has 274 valence electrons. The molecule has 2 aromatic rings. The van der Waals surface area contributed by atoms with Crippen molar-refractivity contribution < 1.29 is 36.2 Å². The van der Waals surface area contributed by atoms with Crippen molar-refractivity contribution in [3.05, 3.63) is 91.2 Å². The van der Waals surface area contributed by atoms with Gasteiger partial charge in [-0.1, -0.05) is 58.5 Å². The van der Waals surface area contributed by atoms with E-state index in [4.69, 9.17) is 55.9 Å². The highest BCUT2D eigenvalue weighted by atomic mass is 35.5. The third-order valence-electron chi connectivity index (χ3n) is 8.82. The summed E-state index contributed by atoms with van der Waals surface area (Å²) in [6.45, 7) is 0.239. The Morgan fingerprint density at radius 1 is 0.700 bits per heavy atom. The number of fused-ring (bicyclic) bond motifs is 2. The Morgan fingerprint density at radius 3 is 1.76 bits per heavy atom. The Balaban J connectivity index is 1.41.